The van der Waals surface area contributed by atoms with Crippen LogP contribution in [0.5, 0.6) is 0 Å². The van der Waals surface area contributed by atoms with Crippen molar-refractivity contribution >= 4 is 5.97 Å². The molecule has 0 amide bonds. The van der Waals surface area contributed by atoms with E-state index in [1.54, 1.807) is 11.9 Å². The second-order valence-corrected chi connectivity index (χ2v) is 2.40. The standard InChI is InChI=1S/C6H11NO3/c1-7-3-2-4-10-5(7)6(8)9/h5H,2-4H2,1H3,(H,8,9). The van der Waals surface area contributed by atoms with Crippen molar-refractivity contribution in [1.29, 1.82) is 0 Å². The van der Waals surface area contributed by atoms with Crippen LogP contribution in [-0.2, 0) is 9.53 Å². The minimum absolute atomic E-state index is 0.557. The topological polar surface area (TPSA) is 49.8 Å². The first kappa shape index (κ1) is 7.50. The van der Waals surface area contributed by atoms with Crippen LogP contribution in [0.1, 0.15) is 6.42 Å². The van der Waals surface area contributed by atoms with E-state index in [1.807, 2.05) is 0 Å². The summed E-state index contributed by atoms with van der Waals surface area (Å²) in [6.07, 6.45) is 0.189. The zero-order valence-corrected chi connectivity index (χ0v) is 5.91. The van der Waals surface area contributed by atoms with Gasteiger partial charge >= 0.3 is 5.97 Å². The maximum atomic E-state index is 10.4. The lowest BCUT2D eigenvalue weighted by Crippen LogP contribution is -2.45. The van der Waals surface area contributed by atoms with E-state index >= 15 is 0 Å². The molecular weight excluding hydrogens is 134 g/mol. The van der Waals surface area contributed by atoms with E-state index in [9.17, 15) is 4.79 Å². The summed E-state index contributed by atoms with van der Waals surface area (Å²) in [6.45, 7) is 1.36. The number of rotatable bonds is 1. The third kappa shape index (κ3) is 1.46. The van der Waals surface area contributed by atoms with E-state index in [0.717, 1.165) is 13.0 Å². The van der Waals surface area contributed by atoms with Gasteiger partial charge in [-0.3, -0.25) is 4.90 Å². The van der Waals surface area contributed by atoms with Crippen LogP contribution in [0.2, 0.25) is 0 Å². The van der Waals surface area contributed by atoms with Crippen LogP contribution in [0.15, 0.2) is 0 Å². The molecule has 0 spiro atoms. The lowest BCUT2D eigenvalue weighted by atomic mass is 10.3. The van der Waals surface area contributed by atoms with Crippen LogP contribution in [0.25, 0.3) is 0 Å². The predicted octanol–water partition coefficient (Wildman–Crippen LogP) is -0.251. The third-order valence-electron chi connectivity index (χ3n) is 1.54. The van der Waals surface area contributed by atoms with Gasteiger partial charge in [0.05, 0.1) is 6.61 Å². The number of carbonyl (C=O) groups is 1. The zero-order chi connectivity index (χ0) is 7.56. The van der Waals surface area contributed by atoms with Gasteiger partial charge in [0.1, 0.15) is 0 Å². The van der Waals surface area contributed by atoms with Gasteiger partial charge in [0.2, 0.25) is 6.23 Å². The Hall–Kier alpha value is -0.610. The van der Waals surface area contributed by atoms with Crippen molar-refractivity contribution in [2.45, 2.75) is 12.6 Å². The average molecular weight is 145 g/mol. The molecule has 1 rings (SSSR count). The number of carboxylic acid groups (broad SMARTS) is 1. The fourth-order valence-corrected chi connectivity index (χ4v) is 1.01. The quantitative estimate of drug-likeness (QED) is 0.552. The number of hydrogen-bond donors (Lipinski definition) is 1. The van der Waals surface area contributed by atoms with Crippen molar-refractivity contribution in [3.63, 3.8) is 0 Å². The molecule has 0 bridgehead atoms. The fourth-order valence-electron chi connectivity index (χ4n) is 1.01. The van der Waals surface area contributed by atoms with E-state index in [2.05, 4.69) is 0 Å². The number of aliphatic carboxylic acids is 1. The molecule has 0 aliphatic carbocycles. The maximum absolute atomic E-state index is 10.4. The Morgan fingerprint density at radius 3 is 2.90 bits per heavy atom. The van der Waals surface area contributed by atoms with E-state index < -0.39 is 12.2 Å². The predicted molar refractivity (Wildman–Crippen MR) is 34.6 cm³/mol. The number of nitrogens with zero attached hydrogens (tertiary/aromatic N) is 1. The normalized spacial score (nSPS) is 28.3. The molecule has 4 nitrogen and oxygen atoms in total. The number of ether oxygens (including phenoxy) is 1. The van der Waals surface area contributed by atoms with Gasteiger partial charge < -0.3 is 9.84 Å². The Labute approximate surface area is 59.4 Å². The molecule has 0 aromatic heterocycles. The van der Waals surface area contributed by atoms with Gasteiger partial charge in [-0.1, -0.05) is 0 Å². The SMILES string of the molecule is CN1CCCOC1C(=O)O. The molecule has 0 saturated carbocycles. The van der Waals surface area contributed by atoms with Gasteiger partial charge in [-0.05, 0) is 13.5 Å². The van der Waals surface area contributed by atoms with Crippen molar-refractivity contribution in [2.24, 2.45) is 0 Å². The highest BCUT2D eigenvalue weighted by molar-refractivity contribution is 5.71. The summed E-state index contributed by atoms with van der Waals surface area (Å²) in [4.78, 5) is 12.1. The smallest absolute Gasteiger partial charge is 0.348 e. The minimum Gasteiger partial charge on any atom is -0.478 e. The van der Waals surface area contributed by atoms with Crippen molar-refractivity contribution in [2.75, 3.05) is 20.2 Å². The largest absolute Gasteiger partial charge is 0.478 e. The number of hydrogen-bond acceptors (Lipinski definition) is 3. The summed E-state index contributed by atoms with van der Waals surface area (Å²) in [5.74, 6) is -0.901. The molecule has 1 saturated heterocycles. The zero-order valence-electron chi connectivity index (χ0n) is 5.91. The van der Waals surface area contributed by atoms with Gasteiger partial charge in [0, 0.05) is 6.54 Å². The Morgan fingerprint density at radius 1 is 1.80 bits per heavy atom. The van der Waals surface area contributed by atoms with Gasteiger partial charge in [0.25, 0.3) is 0 Å². The molecule has 1 fully saturated rings. The van der Waals surface area contributed by atoms with E-state index in [-0.39, 0.29) is 0 Å². The molecule has 1 N–H and O–H groups in total. The Bertz CT molecular complexity index is 137. The Balaban J connectivity index is 2.47. The van der Waals surface area contributed by atoms with Crippen molar-refractivity contribution in [3.05, 3.63) is 0 Å². The van der Waals surface area contributed by atoms with Crippen LogP contribution in [-0.4, -0.2) is 42.4 Å². The van der Waals surface area contributed by atoms with Crippen molar-refractivity contribution < 1.29 is 14.6 Å². The molecule has 1 aliphatic heterocycles. The minimum atomic E-state index is -0.901. The fraction of sp³-hybridized carbons (Fsp3) is 0.833. The molecular formula is C6H11NO3. The highest BCUT2D eigenvalue weighted by Gasteiger charge is 2.25. The van der Waals surface area contributed by atoms with Gasteiger partial charge in [-0.2, -0.15) is 0 Å². The summed E-state index contributed by atoms with van der Waals surface area (Å²) >= 11 is 0. The van der Waals surface area contributed by atoms with E-state index in [4.69, 9.17) is 9.84 Å². The molecule has 4 heteroatoms. The first-order chi connectivity index (χ1) is 4.72. The Kier molecular flexibility index (Phi) is 2.24. The van der Waals surface area contributed by atoms with Gasteiger partial charge in [0.15, 0.2) is 0 Å². The van der Waals surface area contributed by atoms with Crippen molar-refractivity contribution in [1.82, 2.24) is 4.90 Å². The first-order valence-corrected chi connectivity index (χ1v) is 3.26. The van der Waals surface area contributed by atoms with Crippen LogP contribution in [0.4, 0.5) is 0 Å². The molecule has 1 unspecified atom stereocenters. The average Bonchev–Trinajstić information content (AvgIpc) is 1.88. The maximum Gasteiger partial charge on any atom is 0.348 e. The molecule has 1 heterocycles. The number of likely N-dealkylation sites (N-methyl/N-ethyl adjacent to an activating group) is 1. The summed E-state index contributed by atoms with van der Waals surface area (Å²) in [5.41, 5.74) is 0. The molecule has 10 heavy (non-hydrogen) atoms. The second-order valence-electron chi connectivity index (χ2n) is 2.40. The van der Waals surface area contributed by atoms with E-state index in [0.29, 0.717) is 6.61 Å². The third-order valence-corrected chi connectivity index (χ3v) is 1.54. The molecule has 0 aromatic carbocycles. The second kappa shape index (κ2) is 2.98. The number of carboxylic acids is 1. The lowest BCUT2D eigenvalue weighted by molar-refractivity contribution is -0.169. The highest BCUT2D eigenvalue weighted by Crippen LogP contribution is 2.06. The first-order valence-electron chi connectivity index (χ1n) is 3.26. The van der Waals surface area contributed by atoms with Gasteiger partial charge in [-0.25, -0.2) is 4.79 Å². The lowest BCUT2D eigenvalue weighted by Gasteiger charge is -2.28. The highest BCUT2D eigenvalue weighted by atomic mass is 16.5. The van der Waals surface area contributed by atoms with Gasteiger partial charge in [-0.15, -0.1) is 0 Å². The summed E-state index contributed by atoms with van der Waals surface area (Å²) < 4.78 is 4.98. The van der Waals surface area contributed by atoms with E-state index in [1.165, 1.54) is 0 Å². The molecule has 0 aromatic rings. The molecule has 0 radical (unpaired) electrons. The Morgan fingerprint density at radius 2 is 2.50 bits per heavy atom. The summed E-state index contributed by atoms with van der Waals surface area (Å²) in [6, 6.07) is 0. The molecule has 1 aliphatic rings. The van der Waals surface area contributed by atoms with Crippen LogP contribution < -0.4 is 0 Å². The molecule has 1 atom stereocenters. The molecule has 58 valence electrons. The van der Waals surface area contributed by atoms with Crippen molar-refractivity contribution in [3.8, 4) is 0 Å². The van der Waals surface area contributed by atoms with Crippen LogP contribution in [0.3, 0.4) is 0 Å². The van der Waals surface area contributed by atoms with Crippen LogP contribution in [0, 0.1) is 0 Å². The summed E-state index contributed by atoms with van der Waals surface area (Å²) in [7, 11) is 1.75. The summed E-state index contributed by atoms with van der Waals surface area (Å²) in [5, 5.41) is 8.54. The monoisotopic (exact) mass is 145 g/mol. The van der Waals surface area contributed by atoms with Crippen LogP contribution >= 0.6 is 0 Å².